The molecule has 0 radical (unpaired) electrons. The monoisotopic (exact) mass is 489 g/mol. The maximum atomic E-state index is 13.3. The van der Waals surface area contributed by atoms with E-state index in [0.717, 1.165) is 12.1 Å². The van der Waals surface area contributed by atoms with E-state index in [-0.39, 0.29) is 17.0 Å². The summed E-state index contributed by atoms with van der Waals surface area (Å²) in [6, 6.07) is 11.3. The summed E-state index contributed by atoms with van der Waals surface area (Å²) in [7, 11) is 0. The van der Waals surface area contributed by atoms with Crippen molar-refractivity contribution < 1.29 is 41.1 Å². The Morgan fingerprint density at radius 1 is 1.06 bits per heavy atom. The van der Waals surface area contributed by atoms with Crippen LogP contribution in [0.15, 0.2) is 59.1 Å². The molecule has 0 spiro atoms. The van der Waals surface area contributed by atoms with Crippen LogP contribution >= 0.6 is 0 Å². The molecule has 8 nitrogen and oxygen atoms in total. The van der Waals surface area contributed by atoms with Crippen molar-refractivity contribution in [2.75, 3.05) is 11.9 Å². The molecule has 0 unspecified atom stereocenters. The molecule has 0 atom stereocenters. The van der Waals surface area contributed by atoms with Gasteiger partial charge in [0.25, 0.3) is 11.6 Å². The molecular weight excluding hydrogens is 474 g/mol. The van der Waals surface area contributed by atoms with E-state index >= 15 is 0 Å². The minimum Gasteiger partial charge on any atom is -0.452 e. The van der Waals surface area contributed by atoms with Crippen molar-refractivity contribution in [3.63, 3.8) is 0 Å². The number of carbonyl (C=O) groups excluding carboxylic acids is 2. The Labute approximate surface area is 194 Å². The molecule has 0 bridgehead atoms. The van der Waals surface area contributed by atoms with Gasteiger partial charge in [-0.1, -0.05) is 5.16 Å². The van der Waals surface area contributed by atoms with Gasteiger partial charge >= 0.3 is 12.3 Å². The molecule has 12 heteroatoms. The third-order valence-corrected chi connectivity index (χ3v) is 4.68. The highest BCUT2D eigenvalue weighted by Gasteiger charge is 2.31. The maximum Gasteiger partial charge on any atom is 0.573 e. The van der Waals surface area contributed by atoms with Gasteiger partial charge in [-0.15, -0.1) is 13.2 Å². The molecule has 0 fully saturated rings. The number of benzene rings is 2. The Balaban J connectivity index is 1.47. The molecule has 1 N–H and O–H groups in total. The Hall–Kier alpha value is -4.48. The summed E-state index contributed by atoms with van der Waals surface area (Å²) in [5.41, 5.74) is 1.44. The molecule has 180 valence electrons. The van der Waals surface area contributed by atoms with E-state index in [0.29, 0.717) is 22.3 Å². The average molecular weight is 489 g/mol. The van der Waals surface area contributed by atoms with E-state index in [2.05, 4.69) is 20.2 Å². The fourth-order valence-corrected chi connectivity index (χ4v) is 3.17. The van der Waals surface area contributed by atoms with Gasteiger partial charge in [-0.2, -0.15) is 0 Å². The lowest BCUT2D eigenvalue weighted by atomic mass is 10.1. The zero-order chi connectivity index (χ0) is 25.2. The third-order valence-electron chi connectivity index (χ3n) is 4.68. The molecule has 2 heterocycles. The number of anilines is 1. The van der Waals surface area contributed by atoms with Crippen molar-refractivity contribution in [1.29, 1.82) is 0 Å². The van der Waals surface area contributed by atoms with E-state index in [1.807, 2.05) is 0 Å². The number of nitrogens with one attached hydrogen (secondary N) is 1. The lowest BCUT2D eigenvalue weighted by molar-refractivity contribution is -0.274. The van der Waals surface area contributed by atoms with Crippen LogP contribution in [0.1, 0.15) is 16.1 Å². The molecule has 4 rings (SSSR count). The van der Waals surface area contributed by atoms with Gasteiger partial charge in [0.1, 0.15) is 11.6 Å². The number of esters is 1. The number of pyridine rings is 1. The summed E-state index contributed by atoms with van der Waals surface area (Å²) >= 11 is 0. The number of aromatic nitrogens is 2. The van der Waals surface area contributed by atoms with Crippen LogP contribution in [0.5, 0.6) is 5.75 Å². The quantitative estimate of drug-likeness (QED) is 0.299. The van der Waals surface area contributed by atoms with Crippen molar-refractivity contribution in [2.45, 2.75) is 13.3 Å². The number of hydrogen-bond acceptors (Lipinski definition) is 7. The highest BCUT2D eigenvalue weighted by molar-refractivity contribution is 6.05. The van der Waals surface area contributed by atoms with Crippen LogP contribution in [0, 0.1) is 12.7 Å². The number of aryl methyl sites for hydroxylation is 1. The minimum atomic E-state index is -4.84. The fourth-order valence-electron chi connectivity index (χ4n) is 3.17. The van der Waals surface area contributed by atoms with Gasteiger partial charge in [-0.3, -0.25) is 4.79 Å². The highest BCUT2D eigenvalue weighted by Crippen LogP contribution is 2.28. The van der Waals surface area contributed by atoms with Gasteiger partial charge < -0.3 is 19.3 Å². The van der Waals surface area contributed by atoms with E-state index in [4.69, 9.17) is 9.26 Å². The SMILES string of the molecule is Cc1noc2nc(-c3ccc(F)cc3)cc(C(=O)OCC(=O)Nc3ccc(OC(F)(F)F)cc3)c12. The third kappa shape index (κ3) is 5.72. The van der Waals surface area contributed by atoms with Crippen LogP contribution in [0.4, 0.5) is 23.2 Å². The lowest BCUT2D eigenvalue weighted by Crippen LogP contribution is -2.21. The molecule has 0 aliphatic heterocycles. The summed E-state index contributed by atoms with van der Waals surface area (Å²) in [6.07, 6.45) is -4.84. The van der Waals surface area contributed by atoms with E-state index in [9.17, 15) is 27.2 Å². The minimum absolute atomic E-state index is 0.0366. The summed E-state index contributed by atoms with van der Waals surface area (Å²) in [4.78, 5) is 29.3. The topological polar surface area (TPSA) is 104 Å². The first-order valence-electron chi connectivity index (χ1n) is 9.95. The van der Waals surface area contributed by atoms with Gasteiger partial charge in [0.2, 0.25) is 0 Å². The Kier molecular flexibility index (Phi) is 6.36. The molecule has 0 aliphatic carbocycles. The van der Waals surface area contributed by atoms with Crippen molar-refractivity contribution in [3.8, 4) is 17.0 Å². The number of amides is 1. The van der Waals surface area contributed by atoms with Crippen LogP contribution in [0.2, 0.25) is 0 Å². The van der Waals surface area contributed by atoms with Gasteiger partial charge in [-0.05, 0) is 61.5 Å². The van der Waals surface area contributed by atoms with E-state index in [1.165, 1.54) is 42.5 Å². The Morgan fingerprint density at radius 2 is 1.74 bits per heavy atom. The van der Waals surface area contributed by atoms with Gasteiger partial charge in [-0.25, -0.2) is 14.2 Å². The van der Waals surface area contributed by atoms with Crippen LogP contribution in [-0.2, 0) is 9.53 Å². The molecule has 0 saturated carbocycles. The second-order valence-electron chi connectivity index (χ2n) is 7.21. The number of ether oxygens (including phenoxy) is 2. The van der Waals surface area contributed by atoms with Gasteiger partial charge in [0, 0.05) is 11.3 Å². The van der Waals surface area contributed by atoms with Crippen LogP contribution in [-0.4, -0.2) is 35.0 Å². The van der Waals surface area contributed by atoms with Gasteiger partial charge in [0.05, 0.1) is 22.3 Å². The molecule has 0 aliphatic rings. The van der Waals surface area contributed by atoms with Crippen LogP contribution in [0.3, 0.4) is 0 Å². The van der Waals surface area contributed by atoms with Crippen molar-refractivity contribution in [3.05, 3.63) is 71.7 Å². The van der Waals surface area contributed by atoms with Crippen molar-refractivity contribution in [2.24, 2.45) is 0 Å². The number of carbonyl (C=O) groups is 2. The summed E-state index contributed by atoms with van der Waals surface area (Å²) in [6.45, 7) is 0.917. The number of rotatable bonds is 6. The summed E-state index contributed by atoms with van der Waals surface area (Å²) < 4.78 is 64.0. The second-order valence-corrected chi connectivity index (χ2v) is 7.21. The summed E-state index contributed by atoms with van der Waals surface area (Å²) in [5, 5.41) is 6.49. The Morgan fingerprint density at radius 3 is 2.40 bits per heavy atom. The lowest BCUT2D eigenvalue weighted by Gasteiger charge is -2.10. The molecule has 2 aromatic heterocycles. The second kappa shape index (κ2) is 9.41. The summed E-state index contributed by atoms with van der Waals surface area (Å²) in [5.74, 6) is -2.49. The number of fused-ring (bicyclic) bond motifs is 1. The molecule has 35 heavy (non-hydrogen) atoms. The smallest absolute Gasteiger partial charge is 0.452 e. The normalized spacial score (nSPS) is 11.3. The first kappa shape index (κ1) is 23.7. The highest BCUT2D eigenvalue weighted by atomic mass is 19.4. The number of halogens is 4. The van der Waals surface area contributed by atoms with E-state index < -0.39 is 36.4 Å². The average Bonchev–Trinajstić information content (AvgIpc) is 3.18. The zero-order valence-electron chi connectivity index (χ0n) is 17.9. The van der Waals surface area contributed by atoms with Gasteiger partial charge in [0.15, 0.2) is 6.61 Å². The van der Waals surface area contributed by atoms with Crippen LogP contribution in [0.25, 0.3) is 22.4 Å². The standard InChI is InChI=1S/C23H15F4N3O5/c1-12-20-17(10-18(29-21(20)35-30-12)13-2-4-14(24)5-3-13)22(32)33-11-19(31)28-15-6-8-16(9-7-15)34-23(25,26)27/h2-10H,11H2,1H3,(H,28,31). The number of nitrogens with zero attached hydrogens (tertiary/aromatic N) is 2. The first-order valence-corrected chi connectivity index (χ1v) is 9.95. The molecule has 0 saturated heterocycles. The zero-order valence-corrected chi connectivity index (χ0v) is 17.9. The van der Waals surface area contributed by atoms with Crippen molar-refractivity contribution >= 4 is 28.7 Å². The molecule has 1 amide bonds. The van der Waals surface area contributed by atoms with Crippen LogP contribution < -0.4 is 10.1 Å². The predicted molar refractivity (Wildman–Crippen MR) is 114 cm³/mol. The molecule has 4 aromatic rings. The molecule has 2 aromatic carbocycles. The number of alkyl halides is 3. The maximum absolute atomic E-state index is 13.3. The Bertz CT molecular complexity index is 1380. The van der Waals surface area contributed by atoms with Crippen molar-refractivity contribution in [1.82, 2.24) is 10.1 Å². The first-order chi connectivity index (χ1) is 16.6. The predicted octanol–water partition coefficient (Wildman–Crippen LogP) is 5.03. The largest absolute Gasteiger partial charge is 0.573 e. The molecular formula is C23H15F4N3O5. The van der Waals surface area contributed by atoms with E-state index in [1.54, 1.807) is 6.92 Å². The fraction of sp³-hybridized carbons (Fsp3) is 0.130. The number of hydrogen-bond donors (Lipinski definition) is 1.